The van der Waals surface area contributed by atoms with Crippen molar-refractivity contribution in [3.8, 4) is 0 Å². The van der Waals surface area contributed by atoms with Crippen LogP contribution in [-0.4, -0.2) is 71.1 Å². The number of fused-ring (bicyclic) bond motifs is 1. The number of piperazine rings is 1. The molecule has 2 heterocycles. The predicted molar refractivity (Wildman–Crippen MR) is 88.4 cm³/mol. The van der Waals surface area contributed by atoms with Gasteiger partial charge < -0.3 is 4.90 Å². The third kappa shape index (κ3) is 3.03. The molecule has 5 atom stereocenters. The van der Waals surface area contributed by atoms with Crippen molar-refractivity contribution in [3.63, 3.8) is 0 Å². The van der Waals surface area contributed by atoms with Crippen molar-refractivity contribution in [1.29, 1.82) is 0 Å². The minimum Gasteiger partial charge on any atom is -0.334 e. The van der Waals surface area contributed by atoms with Gasteiger partial charge in [0.15, 0.2) is 0 Å². The van der Waals surface area contributed by atoms with Gasteiger partial charge in [0.1, 0.15) is 0 Å². The fourth-order valence-corrected chi connectivity index (χ4v) is 5.03. The topological polar surface area (TPSA) is 38.8 Å². The maximum absolute atomic E-state index is 12.1. The van der Waals surface area contributed by atoms with Crippen molar-refractivity contribution < 1.29 is 4.79 Å². The molecule has 1 N–H and O–H groups in total. The highest BCUT2D eigenvalue weighted by atomic mass is 16.2. The molecule has 4 unspecified atom stereocenters. The van der Waals surface area contributed by atoms with E-state index in [2.05, 4.69) is 41.1 Å². The Morgan fingerprint density at radius 2 is 1.86 bits per heavy atom. The van der Waals surface area contributed by atoms with Gasteiger partial charge in [-0.05, 0) is 33.1 Å². The molecule has 0 spiro atoms. The van der Waals surface area contributed by atoms with Gasteiger partial charge in [0, 0.05) is 57.3 Å². The summed E-state index contributed by atoms with van der Waals surface area (Å²) in [5.41, 5.74) is 3.51. The summed E-state index contributed by atoms with van der Waals surface area (Å²) < 4.78 is 0. The van der Waals surface area contributed by atoms with E-state index in [1.165, 1.54) is 32.1 Å². The Morgan fingerprint density at radius 3 is 2.45 bits per heavy atom. The van der Waals surface area contributed by atoms with Gasteiger partial charge in [-0.15, -0.1) is 0 Å². The highest BCUT2D eigenvalue weighted by Gasteiger charge is 2.43. The predicted octanol–water partition coefficient (Wildman–Crippen LogP) is 1.45. The first-order chi connectivity index (χ1) is 10.5. The van der Waals surface area contributed by atoms with Gasteiger partial charge in [0.2, 0.25) is 5.91 Å². The number of nitrogens with zero attached hydrogens (tertiary/aromatic N) is 3. The number of amides is 1. The van der Waals surface area contributed by atoms with Crippen LogP contribution in [0.3, 0.4) is 0 Å². The van der Waals surface area contributed by atoms with E-state index in [4.69, 9.17) is 0 Å². The van der Waals surface area contributed by atoms with Gasteiger partial charge >= 0.3 is 0 Å². The van der Waals surface area contributed by atoms with Crippen LogP contribution in [0.5, 0.6) is 0 Å². The molecule has 22 heavy (non-hydrogen) atoms. The molecular weight excluding hydrogens is 276 g/mol. The van der Waals surface area contributed by atoms with Crippen LogP contribution in [-0.2, 0) is 4.79 Å². The lowest BCUT2D eigenvalue weighted by molar-refractivity contribution is -0.142. The lowest BCUT2D eigenvalue weighted by Gasteiger charge is -2.53. The smallest absolute Gasteiger partial charge is 0.220 e. The lowest BCUT2D eigenvalue weighted by atomic mass is 9.84. The van der Waals surface area contributed by atoms with Gasteiger partial charge in [-0.2, -0.15) is 0 Å². The molecule has 5 nitrogen and oxygen atoms in total. The summed E-state index contributed by atoms with van der Waals surface area (Å²) >= 11 is 0. The number of hydrogen-bond acceptors (Lipinski definition) is 4. The second-order valence-corrected chi connectivity index (χ2v) is 7.68. The lowest BCUT2D eigenvalue weighted by Crippen LogP contribution is -2.66. The van der Waals surface area contributed by atoms with Gasteiger partial charge in [0.05, 0.1) is 0 Å². The van der Waals surface area contributed by atoms with E-state index < -0.39 is 0 Å². The summed E-state index contributed by atoms with van der Waals surface area (Å²) in [6.07, 6.45) is 6.23. The third-order valence-electron chi connectivity index (χ3n) is 5.90. The first-order valence-electron chi connectivity index (χ1n) is 8.99. The molecule has 5 heteroatoms. The monoisotopic (exact) mass is 308 g/mol. The maximum atomic E-state index is 12.1. The highest BCUT2D eigenvalue weighted by Crippen LogP contribution is 2.33. The van der Waals surface area contributed by atoms with Crippen LogP contribution in [0.1, 0.15) is 52.9 Å². The molecule has 1 amide bonds. The molecule has 2 saturated heterocycles. The highest BCUT2D eigenvalue weighted by molar-refractivity contribution is 5.74. The number of rotatable bonds is 2. The molecule has 3 rings (SSSR count). The Labute approximate surface area is 135 Å². The fraction of sp³-hybridized carbons (Fsp3) is 0.941. The van der Waals surface area contributed by atoms with Crippen molar-refractivity contribution in [1.82, 2.24) is 20.2 Å². The zero-order chi connectivity index (χ0) is 15.9. The zero-order valence-corrected chi connectivity index (χ0v) is 14.6. The van der Waals surface area contributed by atoms with Crippen molar-refractivity contribution in [2.24, 2.45) is 0 Å². The van der Waals surface area contributed by atoms with E-state index in [0.717, 1.165) is 13.1 Å². The van der Waals surface area contributed by atoms with Crippen LogP contribution in [0.4, 0.5) is 0 Å². The summed E-state index contributed by atoms with van der Waals surface area (Å²) in [6, 6.07) is 2.51. The van der Waals surface area contributed by atoms with Gasteiger partial charge in [-0.3, -0.25) is 15.1 Å². The zero-order valence-electron chi connectivity index (χ0n) is 14.6. The van der Waals surface area contributed by atoms with Gasteiger partial charge in [-0.1, -0.05) is 12.8 Å². The summed E-state index contributed by atoms with van der Waals surface area (Å²) in [6.45, 7) is 8.38. The van der Waals surface area contributed by atoms with E-state index >= 15 is 0 Å². The van der Waals surface area contributed by atoms with Crippen LogP contribution < -0.4 is 5.43 Å². The molecule has 2 aliphatic heterocycles. The van der Waals surface area contributed by atoms with Crippen LogP contribution in [0.15, 0.2) is 0 Å². The Hall–Kier alpha value is -0.650. The van der Waals surface area contributed by atoms with Crippen molar-refractivity contribution >= 4 is 5.91 Å². The Bertz CT molecular complexity index is 415. The van der Waals surface area contributed by atoms with E-state index in [9.17, 15) is 4.79 Å². The number of hydrogen-bond donors (Lipinski definition) is 1. The number of likely N-dealkylation sites (N-methyl/N-ethyl adjacent to an activating group) is 1. The van der Waals surface area contributed by atoms with Crippen molar-refractivity contribution in [2.45, 2.75) is 83.1 Å². The second-order valence-electron chi connectivity index (χ2n) is 7.68. The summed E-state index contributed by atoms with van der Waals surface area (Å²) in [4.78, 5) is 17.0. The maximum Gasteiger partial charge on any atom is 0.220 e. The molecule has 0 aromatic rings. The third-order valence-corrected chi connectivity index (χ3v) is 5.90. The van der Waals surface area contributed by atoms with E-state index in [0.29, 0.717) is 30.2 Å². The van der Waals surface area contributed by atoms with Crippen molar-refractivity contribution in [3.05, 3.63) is 0 Å². The summed E-state index contributed by atoms with van der Waals surface area (Å²) in [5.74, 6) is 0.261. The first-order valence-corrected chi connectivity index (χ1v) is 8.99. The Kier molecular flexibility index (Phi) is 4.76. The number of carbonyl (C=O) groups is 1. The minimum atomic E-state index is 0.261. The average molecular weight is 308 g/mol. The summed E-state index contributed by atoms with van der Waals surface area (Å²) in [5, 5.41) is 2.30. The van der Waals surface area contributed by atoms with E-state index in [1.807, 2.05) is 0 Å². The molecule has 3 aliphatic rings. The number of nitrogens with one attached hydrogen (secondary N) is 1. The molecule has 1 aliphatic carbocycles. The van der Waals surface area contributed by atoms with Crippen LogP contribution in [0.25, 0.3) is 0 Å². The molecule has 0 radical (unpaired) electrons. The molecular formula is C17H32N4O. The molecule has 0 aromatic carbocycles. The molecule has 3 fully saturated rings. The Morgan fingerprint density at radius 1 is 1.18 bits per heavy atom. The average Bonchev–Trinajstić information content (AvgIpc) is 2.76. The Balaban J connectivity index is 1.73. The van der Waals surface area contributed by atoms with Crippen LogP contribution >= 0.6 is 0 Å². The number of carbonyl (C=O) groups excluding carboxylic acids is 1. The van der Waals surface area contributed by atoms with Gasteiger partial charge in [0.25, 0.3) is 0 Å². The van der Waals surface area contributed by atoms with Crippen molar-refractivity contribution in [2.75, 3.05) is 20.1 Å². The van der Waals surface area contributed by atoms with Crippen LogP contribution in [0.2, 0.25) is 0 Å². The SMILES string of the molecule is CC(=O)N1C2CCCCC2N(CC2CC(C)NN2C)C[C@@H]1C. The standard InChI is InChI=1S/C17H32N4O/c1-12-9-15(19(4)18-12)11-20-10-13(2)21(14(3)22)17-8-6-5-7-16(17)20/h12-13,15-18H,5-11H2,1-4H3/t12?,13-,15?,16?,17?/m0/s1. The minimum absolute atomic E-state index is 0.261. The number of hydrazine groups is 1. The van der Waals surface area contributed by atoms with E-state index in [-0.39, 0.29) is 5.91 Å². The molecule has 126 valence electrons. The van der Waals surface area contributed by atoms with E-state index in [1.54, 1.807) is 6.92 Å². The second kappa shape index (κ2) is 6.46. The molecule has 0 bridgehead atoms. The fourth-order valence-electron chi connectivity index (χ4n) is 5.03. The molecule has 0 aromatic heterocycles. The normalized spacial score (nSPS) is 40.7. The van der Waals surface area contributed by atoms with Crippen LogP contribution in [0, 0.1) is 0 Å². The largest absolute Gasteiger partial charge is 0.334 e. The quantitative estimate of drug-likeness (QED) is 0.838. The first kappa shape index (κ1) is 16.2. The molecule has 1 saturated carbocycles. The summed E-state index contributed by atoms with van der Waals surface area (Å²) in [7, 11) is 2.17. The van der Waals surface area contributed by atoms with Gasteiger partial charge in [-0.25, -0.2) is 5.01 Å².